The van der Waals surface area contributed by atoms with Crippen LogP contribution < -0.4 is 15.0 Å². The lowest BCUT2D eigenvalue weighted by Gasteiger charge is -2.27. The second kappa shape index (κ2) is 3.40. The molecule has 0 saturated carbocycles. The first-order chi connectivity index (χ1) is 7.40. The zero-order chi connectivity index (χ0) is 10.3. The molecule has 0 radical (unpaired) electrons. The van der Waals surface area contributed by atoms with E-state index in [0.717, 1.165) is 17.1 Å². The van der Waals surface area contributed by atoms with Gasteiger partial charge in [0.1, 0.15) is 0 Å². The van der Waals surface area contributed by atoms with Crippen molar-refractivity contribution in [3.63, 3.8) is 0 Å². The van der Waals surface area contributed by atoms with Gasteiger partial charge in [-0.15, -0.1) is 0 Å². The molecular weight excluding hydrogens is 194 g/mol. The fraction of sp³-hybridized carbons (Fsp3) is 0.455. The quantitative estimate of drug-likeness (QED) is 0.753. The molecule has 80 valence electrons. The predicted octanol–water partition coefficient (Wildman–Crippen LogP) is 1.28. The van der Waals surface area contributed by atoms with Gasteiger partial charge in [-0.1, -0.05) is 12.1 Å². The van der Waals surface area contributed by atoms with E-state index in [2.05, 4.69) is 11.5 Å². The molecule has 2 aliphatic rings. The first-order valence-electron chi connectivity index (χ1n) is 5.07. The topological polar surface area (TPSA) is 39.7 Å². The van der Waals surface area contributed by atoms with Crippen LogP contribution in [0, 0.1) is 5.92 Å². The van der Waals surface area contributed by atoms with Crippen LogP contribution in [0.3, 0.4) is 0 Å². The molecule has 2 atom stereocenters. The molecule has 1 aromatic carbocycles. The van der Waals surface area contributed by atoms with Crippen molar-refractivity contribution in [3.8, 4) is 11.5 Å². The Balaban J connectivity index is 2.07. The SMILES string of the molecule is COc1cccc2c1OC[C@H]1CON[C@@H]21. The van der Waals surface area contributed by atoms with Gasteiger partial charge in [-0.3, -0.25) is 0 Å². The first-order valence-corrected chi connectivity index (χ1v) is 5.07. The number of nitrogens with one attached hydrogen (secondary N) is 1. The van der Waals surface area contributed by atoms with Gasteiger partial charge in [-0.2, -0.15) is 5.48 Å². The molecule has 0 aliphatic carbocycles. The van der Waals surface area contributed by atoms with Crippen molar-refractivity contribution >= 4 is 0 Å². The van der Waals surface area contributed by atoms with Gasteiger partial charge in [-0.25, -0.2) is 0 Å². The van der Waals surface area contributed by atoms with Crippen LogP contribution >= 0.6 is 0 Å². The summed E-state index contributed by atoms with van der Waals surface area (Å²) < 4.78 is 11.0. The second-order valence-corrected chi connectivity index (χ2v) is 3.86. The molecule has 1 aromatic rings. The van der Waals surface area contributed by atoms with E-state index in [4.69, 9.17) is 14.3 Å². The minimum atomic E-state index is 0.240. The van der Waals surface area contributed by atoms with Crippen molar-refractivity contribution in [2.45, 2.75) is 6.04 Å². The minimum absolute atomic E-state index is 0.240. The minimum Gasteiger partial charge on any atom is -0.493 e. The molecule has 4 nitrogen and oxygen atoms in total. The van der Waals surface area contributed by atoms with Crippen molar-refractivity contribution in [2.75, 3.05) is 20.3 Å². The summed E-state index contributed by atoms with van der Waals surface area (Å²) in [7, 11) is 1.66. The number of fused-ring (bicyclic) bond motifs is 3. The molecule has 1 saturated heterocycles. The van der Waals surface area contributed by atoms with Crippen LogP contribution in [0.5, 0.6) is 11.5 Å². The van der Waals surface area contributed by atoms with Crippen molar-refractivity contribution in [1.82, 2.24) is 5.48 Å². The van der Waals surface area contributed by atoms with E-state index < -0.39 is 0 Å². The lowest BCUT2D eigenvalue weighted by atomic mass is 9.92. The van der Waals surface area contributed by atoms with E-state index in [1.54, 1.807) is 7.11 Å². The third kappa shape index (κ3) is 1.29. The Morgan fingerprint density at radius 1 is 1.40 bits per heavy atom. The van der Waals surface area contributed by atoms with Crippen molar-refractivity contribution < 1.29 is 14.3 Å². The number of methoxy groups -OCH3 is 1. The van der Waals surface area contributed by atoms with Gasteiger partial charge in [0, 0.05) is 11.5 Å². The molecule has 0 amide bonds. The molecule has 0 spiro atoms. The average molecular weight is 207 g/mol. The number of hydrogen-bond acceptors (Lipinski definition) is 4. The number of hydrogen-bond donors (Lipinski definition) is 1. The standard InChI is InChI=1S/C11H13NO3/c1-13-9-4-2-3-8-10-7(6-15-12-10)5-14-11(8)9/h2-4,7,10,12H,5-6H2,1H3/t7-,10+/m0/s1. The van der Waals surface area contributed by atoms with E-state index in [0.29, 0.717) is 19.1 Å². The van der Waals surface area contributed by atoms with Crippen LogP contribution in [0.4, 0.5) is 0 Å². The molecule has 1 fully saturated rings. The predicted molar refractivity (Wildman–Crippen MR) is 53.8 cm³/mol. The van der Waals surface area contributed by atoms with Gasteiger partial charge in [-0.05, 0) is 6.07 Å². The highest BCUT2D eigenvalue weighted by molar-refractivity contribution is 5.49. The number of benzene rings is 1. The summed E-state index contributed by atoms with van der Waals surface area (Å²) in [5, 5.41) is 0. The Morgan fingerprint density at radius 3 is 3.20 bits per heavy atom. The monoisotopic (exact) mass is 207 g/mol. The Morgan fingerprint density at radius 2 is 2.33 bits per heavy atom. The van der Waals surface area contributed by atoms with E-state index in [1.165, 1.54) is 0 Å². The summed E-state index contributed by atoms with van der Waals surface area (Å²) in [4.78, 5) is 5.25. The Kier molecular flexibility index (Phi) is 2.04. The first kappa shape index (κ1) is 9.00. The summed E-state index contributed by atoms with van der Waals surface area (Å²) >= 11 is 0. The molecular formula is C11H13NO3. The number of hydroxylamine groups is 1. The smallest absolute Gasteiger partial charge is 0.166 e. The molecule has 0 aromatic heterocycles. The molecule has 4 heteroatoms. The summed E-state index contributed by atoms with van der Waals surface area (Å²) in [6, 6.07) is 6.18. The highest BCUT2D eigenvalue weighted by atomic mass is 16.7. The van der Waals surface area contributed by atoms with E-state index in [1.807, 2.05) is 12.1 Å². The average Bonchev–Trinajstić information content (AvgIpc) is 2.76. The summed E-state index contributed by atoms with van der Waals surface area (Å²) in [6.45, 7) is 1.40. The third-order valence-electron chi connectivity index (χ3n) is 2.99. The van der Waals surface area contributed by atoms with Crippen molar-refractivity contribution in [2.24, 2.45) is 5.92 Å². The van der Waals surface area contributed by atoms with Crippen LogP contribution in [-0.2, 0) is 4.84 Å². The summed E-state index contributed by atoms with van der Waals surface area (Å²) in [5.41, 5.74) is 4.16. The fourth-order valence-corrected chi connectivity index (χ4v) is 2.18. The van der Waals surface area contributed by atoms with Crippen LogP contribution in [-0.4, -0.2) is 20.3 Å². The zero-order valence-corrected chi connectivity index (χ0v) is 8.53. The fourth-order valence-electron chi connectivity index (χ4n) is 2.18. The van der Waals surface area contributed by atoms with E-state index in [-0.39, 0.29) is 6.04 Å². The van der Waals surface area contributed by atoms with Gasteiger partial charge >= 0.3 is 0 Å². The molecule has 0 bridgehead atoms. The molecule has 15 heavy (non-hydrogen) atoms. The molecule has 1 N–H and O–H groups in total. The van der Waals surface area contributed by atoms with Crippen molar-refractivity contribution in [1.29, 1.82) is 0 Å². The van der Waals surface area contributed by atoms with Gasteiger partial charge in [0.15, 0.2) is 11.5 Å². The van der Waals surface area contributed by atoms with Crippen LogP contribution in [0.15, 0.2) is 18.2 Å². The molecule has 2 aliphatic heterocycles. The van der Waals surface area contributed by atoms with Gasteiger partial charge in [0.25, 0.3) is 0 Å². The van der Waals surface area contributed by atoms with Crippen LogP contribution in [0.2, 0.25) is 0 Å². The maximum absolute atomic E-state index is 5.71. The highest BCUT2D eigenvalue weighted by Gasteiger charge is 2.36. The number of para-hydroxylation sites is 1. The van der Waals surface area contributed by atoms with Gasteiger partial charge in [0.05, 0.1) is 26.4 Å². The Bertz CT molecular complexity index is 380. The maximum Gasteiger partial charge on any atom is 0.166 e. The molecule has 2 heterocycles. The maximum atomic E-state index is 5.71. The number of ether oxygens (including phenoxy) is 2. The molecule has 0 unspecified atom stereocenters. The van der Waals surface area contributed by atoms with Crippen LogP contribution in [0.25, 0.3) is 0 Å². The largest absolute Gasteiger partial charge is 0.493 e. The van der Waals surface area contributed by atoms with Crippen molar-refractivity contribution in [3.05, 3.63) is 23.8 Å². The van der Waals surface area contributed by atoms with Gasteiger partial charge in [0.2, 0.25) is 0 Å². The number of rotatable bonds is 1. The Hall–Kier alpha value is -1.26. The van der Waals surface area contributed by atoms with E-state index in [9.17, 15) is 0 Å². The molecule has 3 rings (SSSR count). The highest BCUT2D eigenvalue weighted by Crippen LogP contribution is 2.42. The lowest BCUT2D eigenvalue weighted by Crippen LogP contribution is -2.28. The normalized spacial score (nSPS) is 27.8. The summed E-state index contributed by atoms with van der Waals surface area (Å²) in [5.74, 6) is 2.04. The Labute approximate surface area is 88.1 Å². The van der Waals surface area contributed by atoms with Gasteiger partial charge < -0.3 is 14.3 Å². The summed E-state index contributed by atoms with van der Waals surface area (Å²) in [6.07, 6.45) is 0. The van der Waals surface area contributed by atoms with Crippen LogP contribution in [0.1, 0.15) is 11.6 Å². The van der Waals surface area contributed by atoms with E-state index >= 15 is 0 Å². The third-order valence-corrected chi connectivity index (χ3v) is 2.99. The zero-order valence-electron chi connectivity index (χ0n) is 8.53. The lowest BCUT2D eigenvalue weighted by molar-refractivity contribution is 0.0861. The second-order valence-electron chi connectivity index (χ2n) is 3.86.